The molecule has 0 aromatic heterocycles. The Labute approximate surface area is 122 Å². The molecule has 3 heteroatoms. The Kier molecular flexibility index (Phi) is 4.46. The zero-order chi connectivity index (χ0) is 13.8. The number of anilines is 2. The number of benzene rings is 1. The summed E-state index contributed by atoms with van der Waals surface area (Å²) in [7, 11) is 0. The van der Waals surface area contributed by atoms with Crippen molar-refractivity contribution in [3.8, 4) is 0 Å². The summed E-state index contributed by atoms with van der Waals surface area (Å²) in [6.45, 7) is 6.38. The lowest BCUT2D eigenvalue weighted by molar-refractivity contribution is 0.0440. The second-order valence-electron chi connectivity index (χ2n) is 5.95. The van der Waals surface area contributed by atoms with Gasteiger partial charge in [0.1, 0.15) is 0 Å². The van der Waals surface area contributed by atoms with Crippen molar-refractivity contribution in [2.45, 2.75) is 45.1 Å². The van der Waals surface area contributed by atoms with Gasteiger partial charge in [0.05, 0.1) is 6.10 Å². The molecule has 0 aliphatic carbocycles. The topological polar surface area (TPSA) is 24.5 Å². The number of rotatable bonds is 4. The van der Waals surface area contributed by atoms with Gasteiger partial charge in [-0.3, -0.25) is 0 Å². The molecule has 2 heterocycles. The van der Waals surface area contributed by atoms with Crippen molar-refractivity contribution in [2.24, 2.45) is 0 Å². The third-order valence-corrected chi connectivity index (χ3v) is 4.33. The van der Waals surface area contributed by atoms with E-state index in [-0.39, 0.29) is 0 Å². The minimum absolute atomic E-state index is 0.410. The molecule has 3 rings (SSSR count). The third-order valence-electron chi connectivity index (χ3n) is 4.33. The second kappa shape index (κ2) is 6.49. The van der Waals surface area contributed by atoms with Gasteiger partial charge in [0.25, 0.3) is 0 Å². The number of fused-ring (bicyclic) bond motifs is 1. The van der Waals surface area contributed by atoms with Gasteiger partial charge in [0, 0.05) is 37.6 Å². The van der Waals surface area contributed by atoms with Crippen LogP contribution >= 0.6 is 0 Å². The summed E-state index contributed by atoms with van der Waals surface area (Å²) in [4.78, 5) is 2.49. The summed E-state index contributed by atoms with van der Waals surface area (Å²) in [5.74, 6) is 0. The molecule has 0 amide bonds. The van der Waals surface area contributed by atoms with E-state index in [1.165, 1.54) is 42.6 Å². The zero-order valence-electron chi connectivity index (χ0n) is 12.5. The number of nitrogens with one attached hydrogen (secondary N) is 1. The molecule has 1 unspecified atom stereocenters. The van der Waals surface area contributed by atoms with E-state index in [9.17, 15) is 0 Å². The smallest absolute Gasteiger partial charge is 0.0750 e. The van der Waals surface area contributed by atoms with Crippen LogP contribution in [0.15, 0.2) is 18.2 Å². The molecule has 1 saturated heterocycles. The third kappa shape index (κ3) is 3.09. The predicted molar refractivity (Wildman–Crippen MR) is 84.7 cm³/mol. The molecule has 0 spiro atoms. The van der Waals surface area contributed by atoms with Gasteiger partial charge in [0.2, 0.25) is 0 Å². The number of hydrogen-bond acceptors (Lipinski definition) is 3. The van der Waals surface area contributed by atoms with Crippen molar-refractivity contribution in [3.63, 3.8) is 0 Å². The number of nitrogens with zero attached hydrogens (tertiary/aromatic N) is 1. The van der Waals surface area contributed by atoms with Crippen molar-refractivity contribution in [2.75, 3.05) is 36.5 Å². The predicted octanol–water partition coefficient (Wildman–Crippen LogP) is 3.44. The Hall–Kier alpha value is -1.22. The molecule has 1 atom stereocenters. The largest absolute Gasteiger partial charge is 0.385 e. The maximum Gasteiger partial charge on any atom is 0.0750 e. The molecule has 2 aliphatic rings. The van der Waals surface area contributed by atoms with Crippen molar-refractivity contribution >= 4 is 11.4 Å². The highest BCUT2D eigenvalue weighted by Crippen LogP contribution is 2.29. The Morgan fingerprint density at radius 3 is 3.20 bits per heavy atom. The zero-order valence-corrected chi connectivity index (χ0v) is 12.5. The fourth-order valence-corrected chi connectivity index (χ4v) is 3.24. The Morgan fingerprint density at radius 1 is 1.35 bits per heavy atom. The summed E-state index contributed by atoms with van der Waals surface area (Å²) < 4.78 is 5.94. The monoisotopic (exact) mass is 274 g/mol. The van der Waals surface area contributed by atoms with Crippen LogP contribution in [-0.2, 0) is 11.2 Å². The van der Waals surface area contributed by atoms with Gasteiger partial charge in [0.15, 0.2) is 0 Å². The molecule has 1 aromatic carbocycles. The van der Waals surface area contributed by atoms with E-state index in [2.05, 4.69) is 35.3 Å². The summed E-state index contributed by atoms with van der Waals surface area (Å²) in [5, 5.41) is 3.53. The minimum Gasteiger partial charge on any atom is -0.385 e. The van der Waals surface area contributed by atoms with Gasteiger partial charge >= 0.3 is 0 Å². The first-order valence-electron chi connectivity index (χ1n) is 8.10. The van der Waals surface area contributed by atoms with Crippen LogP contribution in [0.5, 0.6) is 0 Å². The Balaban J connectivity index is 1.68. The Bertz CT molecular complexity index is 447. The van der Waals surface area contributed by atoms with Crippen LogP contribution in [0.25, 0.3) is 0 Å². The van der Waals surface area contributed by atoms with E-state index >= 15 is 0 Å². The van der Waals surface area contributed by atoms with Crippen molar-refractivity contribution in [1.82, 2.24) is 0 Å². The molecule has 1 aromatic rings. The molecule has 110 valence electrons. The lowest BCUT2D eigenvalue weighted by Gasteiger charge is -2.35. The van der Waals surface area contributed by atoms with Crippen LogP contribution in [0.1, 0.15) is 38.2 Å². The maximum atomic E-state index is 5.94. The van der Waals surface area contributed by atoms with Crippen LogP contribution < -0.4 is 10.2 Å². The van der Waals surface area contributed by atoms with Crippen LogP contribution in [0.4, 0.5) is 11.4 Å². The summed E-state index contributed by atoms with van der Waals surface area (Å²) >= 11 is 0. The van der Waals surface area contributed by atoms with Gasteiger partial charge in [-0.25, -0.2) is 0 Å². The molecule has 1 fully saturated rings. The van der Waals surface area contributed by atoms with Gasteiger partial charge in [-0.1, -0.05) is 13.0 Å². The van der Waals surface area contributed by atoms with Crippen LogP contribution in [0.3, 0.4) is 0 Å². The van der Waals surface area contributed by atoms with Crippen molar-refractivity contribution in [1.29, 1.82) is 0 Å². The summed E-state index contributed by atoms with van der Waals surface area (Å²) in [6, 6.07) is 6.91. The highest BCUT2D eigenvalue weighted by atomic mass is 16.5. The first kappa shape index (κ1) is 13.7. The highest BCUT2D eigenvalue weighted by Gasteiger charge is 2.21. The van der Waals surface area contributed by atoms with Crippen LogP contribution in [0, 0.1) is 0 Å². The fraction of sp³-hybridized carbons (Fsp3) is 0.647. The molecular weight excluding hydrogens is 248 g/mol. The first-order valence-corrected chi connectivity index (χ1v) is 8.10. The van der Waals surface area contributed by atoms with Gasteiger partial charge < -0.3 is 15.0 Å². The van der Waals surface area contributed by atoms with E-state index in [1.807, 2.05) is 0 Å². The minimum atomic E-state index is 0.410. The second-order valence-corrected chi connectivity index (χ2v) is 5.95. The van der Waals surface area contributed by atoms with E-state index in [0.29, 0.717) is 6.10 Å². The standard InChI is InChI=1S/C17H26N2O/c1-2-11-20-16-6-4-10-19(13-16)15-8-7-14-5-3-9-18-17(14)12-15/h7-8,12,16,18H,2-6,9-11,13H2,1H3. The average Bonchev–Trinajstić information content (AvgIpc) is 2.53. The molecule has 0 bridgehead atoms. The van der Waals surface area contributed by atoms with Crippen LogP contribution in [0.2, 0.25) is 0 Å². The molecule has 1 N–H and O–H groups in total. The molecule has 0 saturated carbocycles. The van der Waals surface area contributed by atoms with E-state index in [4.69, 9.17) is 4.74 Å². The molecule has 3 nitrogen and oxygen atoms in total. The Morgan fingerprint density at radius 2 is 2.30 bits per heavy atom. The number of ether oxygens (including phenoxy) is 1. The van der Waals surface area contributed by atoms with E-state index in [0.717, 1.165) is 32.7 Å². The number of piperidine rings is 1. The molecule has 2 aliphatic heterocycles. The quantitative estimate of drug-likeness (QED) is 0.910. The van der Waals surface area contributed by atoms with E-state index in [1.54, 1.807) is 0 Å². The average molecular weight is 274 g/mol. The van der Waals surface area contributed by atoms with Gasteiger partial charge in [-0.05, 0) is 49.8 Å². The van der Waals surface area contributed by atoms with Crippen LogP contribution in [-0.4, -0.2) is 32.3 Å². The fourth-order valence-electron chi connectivity index (χ4n) is 3.24. The summed E-state index contributed by atoms with van der Waals surface area (Å²) in [5.41, 5.74) is 4.16. The van der Waals surface area contributed by atoms with E-state index < -0.39 is 0 Å². The maximum absolute atomic E-state index is 5.94. The molecule has 20 heavy (non-hydrogen) atoms. The number of hydrogen-bond donors (Lipinski definition) is 1. The molecular formula is C17H26N2O. The van der Waals surface area contributed by atoms with Crippen molar-refractivity contribution < 1.29 is 4.74 Å². The normalized spacial score (nSPS) is 22.2. The first-order chi connectivity index (χ1) is 9.86. The SMILES string of the molecule is CCCOC1CCCN(c2ccc3c(c2)NCCC3)C1. The lowest BCUT2D eigenvalue weighted by Crippen LogP contribution is -2.39. The van der Waals surface area contributed by atoms with Crippen molar-refractivity contribution in [3.05, 3.63) is 23.8 Å². The number of aryl methyl sites for hydroxylation is 1. The molecule has 0 radical (unpaired) electrons. The summed E-state index contributed by atoms with van der Waals surface area (Å²) in [6.07, 6.45) is 6.43. The van der Waals surface area contributed by atoms with Gasteiger partial charge in [-0.15, -0.1) is 0 Å². The van der Waals surface area contributed by atoms with Gasteiger partial charge in [-0.2, -0.15) is 0 Å². The lowest BCUT2D eigenvalue weighted by atomic mass is 10.0. The highest BCUT2D eigenvalue weighted by molar-refractivity contribution is 5.63.